The number of likely N-dealkylation sites (tertiary alicyclic amines) is 1. The summed E-state index contributed by atoms with van der Waals surface area (Å²) in [5.74, 6) is 1.17. The van der Waals surface area contributed by atoms with Crippen LogP contribution in [0.4, 0.5) is 0 Å². The molecule has 7 nitrogen and oxygen atoms in total. The lowest BCUT2D eigenvalue weighted by Crippen LogP contribution is -2.48. The van der Waals surface area contributed by atoms with Crippen LogP contribution in [-0.4, -0.2) is 45.5 Å². The molecular formula is C29H32N4O3. The summed E-state index contributed by atoms with van der Waals surface area (Å²) in [6.45, 7) is 7.05. The van der Waals surface area contributed by atoms with Crippen molar-refractivity contribution in [3.8, 4) is 17.1 Å². The molecule has 1 saturated heterocycles. The van der Waals surface area contributed by atoms with E-state index in [0.717, 1.165) is 65.1 Å². The molecule has 1 fully saturated rings. The first-order chi connectivity index (χ1) is 17.4. The van der Waals surface area contributed by atoms with Crippen LogP contribution in [0, 0.1) is 19.8 Å². The van der Waals surface area contributed by atoms with Gasteiger partial charge in [0.15, 0.2) is 11.5 Å². The Labute approximate surface area is 211 Å². The molecule has 5 rings (SSSR count). The van der Waals surface area contributed by atoms with Crippen molar-refractivity contribution in [3.05, 3.63) is 71.4 Å². The number of aryl methyl sites for hydroxylation is 3. The third-order valence-electron chi connectivity index (χ3n) is 7.15. The Balaban J connectivity index is 1.41. The Hall–Kier alpha value is -3.74. The Morgan fingerprint density at radius 2 is 1.86 bits per heavy atom. The number of hydrogen-bond donors (Lipinski definition) is 0. The molecule has 186 valence electrons. The molecule has 0 saturated carbocycles. The highest BCUT2D eigenvalue weighted by molar-refractivity contribution is 6.01. The quantitative estimate of drug-likeness (QED) is 0.345. The molecule has 0 bridgehead atoms. The highest BCUT2D eigenvalue weighted by Gasteiger charge is 2.33. The van der Waals surface area contributed by atoms with Gasteiger partial charge in [0.25, 0.3) is 5.91 Å². The Morgan fingerprint density at radius 3 is 2.64 bits per heavy atom. The highest BCUT2D eigenvalue weighted by atomic mass is 16.5. The minimum Gasteiger partial charge on any atom is -0.467 e. The molecular weight excluding hydrogens is 452 g/mol. The van der Waals surface area contributed by atoms with Crippen molar-refractivity contribution < 1.29 is 13.9 Å². The molecule has 3 heterocycles. The maximum absolute atomic E-state index is 14.0. The van der Waals surface area contributed by atoms with Gasteiger partial charge in [0.2, 0.25) is 0 Å². The fourth-order valence-electron chi connectivity index (χ4n) is 5.21. The maximum atomic E-state index is 14.0. The van der Waals surface area contributed by atoms with E-state index in [-0.39, 0.29) is 11.9 Å². The zero-order valence-corrected chi connectivity index (χ0v) is 21.3. The number of hydrogen-bond acceptors (Lipinski definition) is 6. The van der Waals surface area contributed by atoms with Gasteiger partial charge in [-0.15, -0.1) is 0 Å². The number of nitrogens with zero attached hydrogens (tertiary/aromatic N) is 4. The molecule has 1 amide bonds. The molecule has 1 aliphatic heterocycles. The van der Waals surface area contributed by atoms with E-state index in [4.69, 9.17) is 14.1 Å². The Kier molecular flexibility index (Phi) is 6.72. The van der Waals surface area contributed by atoms with Gasteiger partial charge in [-0.3, -0.25) is 4.79 Å². The van der Waals surface area contributed by atoms with Crippen LogP contribution < -0.4 is 4.74 Å². The van der Waals surface area contributed by atoms with E-state index < -0.39 is 0 Å². The SMILES string of the molecule is COc1ncc(-c2ccc(C)cc2C(=O)N2CCC[C@@H](C)[C@H]2CCc2nc3cc(C)ccc3o2)cn1. The number of amides is 1. The number of fused-ring (bicyclic) bond motifs is 1. The number of aromatic nitrogens is 3. The van der Waals surface area contributed by atoms with Gasteiger partial charge in [0, 0.05) is 42.5 Å². The molecule has 0 radical (unpaired) electrons. The highest BCUT2D eigenvalue weighted by Crippen LogP contribution is 2.32. The van der Waals surface area contributed by atoms with Gasteiger partial charge < -0.3 is 14.1 Å². The fraction of sp³-hybridized carbons (Fsp3) is 0.379. The van der Waals surface area contributed by atoms with Crippen molar-refractivity contribution in [1.29, 1.82) is 0 Å². The van der Waals surface area contributed by atoms with Gasteiger partial charge in [-0.2, -0.15) is 0 Å². The molecule has 2 aromatic heterocycles. The number of oxazole rings is 1. The average Bonchev–Trinajstić information content (AvgIpc) is 3.29. The lowest BCUT2D eigenvalue weighted by molar-refractivity contribution is 0.0497. The largest absolute Gasteiger partial charge is 0.467 e. The van der Waals surface area contributed by atoms with Gasteiger partial charge in [-0.05, 0) is 68.4 Å². The van der Waals surface area contributed by atoms with E-state index in [2.05, 4.69) is 28.7 Å². The zero-order chi connectivity index (χ0) is 25.2. The maximum Gasteiger partial charge on any atom is 0.316 e. The van der Waals surface area contributed by atoms with E-state index >= 15 is 0 Å². The summed E-state index contributed by atoms with van der Waals surface area (Å²) in [5.41, 5.74) is 6.21. The molecule has 0 unspecified atom stereocenters. The van der Waals surface area contributed by atoms with Gasteiger partial charge >= 0.3 is 6.01 Å². The lowest BCUT2D eigenvalue weighted by Gasteiger charge is -2.40. The molecule has 0 spiro atoms. The van der Waals surface area contributed by atoms with Crippen molar-refractivity contribution in [2.24, 2.45) is 5.92 Å². The molecule has 0 aliphatic carbocycles. The number of rotatable bonds is 6. The number of carbonyl (C=O) groups excluding carboxylic acids is 1. The van der Waals surface area contributed by atoms with Crippen LogP contribution in [0.1, 0.15) is 53.6 Å². The molecule has 0 N–H and O–H groups in total. The molecule has 7 heteroatoms. The van der Waals surface area contributed by atoms with Crippen LogP contribution >= 0.6 is 0 Å². The minimum absolute atomic E-state index is 0.0502. The lowest BCUT2D eigenvalue weighted by atomic mass is 9.86. The predicted molar refractivity (Wildman–Crippen MR) is 139 cm³/mol. The average molecular weight is 485 g/mol. The van der Waals surface area contributed by atoms with Crippen molar-refractivity contribution in [2.75, 3.05) is 13.7 Å². The monoisotopic (exact) mass is 484 g/mol. The first-order valence-electron chi connectivity index (χ1n) is 12.6. The van der Waals surface area contributed by atoms with Gasteiger partial charge in [0.05, 0.1) is 7.11 Å². The normalized spacial score (nSPS) is 17.9. The number of benzene rings is 2. The summed E-state index contributed by atoms with van der Waals surface area (Å²) in [7, 11) is 1.54. The van der Waals surface area contributed by atoms with Crippen LogP contribution in [-0.2, 0) is 6.42 Å². The summed E-state index contributed by atoms with van der Waals surface area (Å²) < 4.78 is 11.1. The summed E-state index contributed by atoms with van der Waals surface area (Å²) in [6.07, 6.45) is 7.02. The first kappa shape index (κ1) is 24.0. The fourth-order valence-corrected chi connectivity index (χ4v) is 5.21. The molecule has 2 aromatic carbocycles. The number of carbonyl (C=O) groups is 1. The second kappa shape index (κ2) is 10.1. The zero-order valence-electron chi connectivity index (χ0n) is 21.3. The summed E-state index contributed by atoms with van der Waals surface area (Å²) in [5, 5.41) is 0. The first-order valence-corrected chi connectivity index (χ1v) is 12.6. The van der Waals surface area contributed by atoms with E-state index in [1.54, 1.807) is 12.4 Å². The van der Waals surface area contributed by atoms with Crippen molar-refractivity contribution in [1.82, 2.24) is 19.9 Å². The summed E-state index contributed by atoms with van der Waals surface area (Å²) in [6, 6.07) is 12.4. The van der Waals surface area contributed by atoms with E-state index in [9.17, 15) is 4.79 Å². The van der Waals surface area contributed by atoms with Crippen LogP contribution in [0.3, 0.4) is 0 Å². The predicted octanol–water partition coefficient (Wildman–Crippen LogP) is 5.78. The van der Waals surface area contributed by atoms with E-state index in [0.29, 0.717) is 23.9 Å². The van der Waals surface area contributed by atoms with Gasteiger partial charge in [-0.1, -0.05) is 30.7 Å². The third kappa shape index (κ3) is 4.83. The van der Waals surface area contributed by atoms with Gasteiger partial charge in [-0.25, -0.2) is 15.0 Å². The van der Waals surface area contributed by atoms with Crippen LogP contribution in [0.25, 0.3) is 22.2 Å². The topological polar surface area (TPSA) is 81.4 Å². The second-order valence-electron chi connectivity index (χ2n) is 9.81. The van der Waals surface area contributed by atoms with E-state index in [1.807, 2.05) is 43.3 Å². The summed E-state index contributed by atoms with van der Waals surface area (Å²) >= 11 is 0. The molecule has 2 atom stereocenters. The molecule has 1 aliphatic rings. The van der Waals surface area contributed by atoms with Gasteiger partial charge in [0.1, 0.15) is 5.52 Å². The number of methoxy groups -OCH3 is 1. The van der Waals surface area contributed by atoms with Crippen molar-refractivity contribution >= 4 is 17.0 Å². The van der Waals surface area contributed by atoms with Crippen LogP contribution in [0.2, 0.25) is 0 Å². The standard InChI is InChI=1S/C29H32N4O3/c1-18-7-9-22(21-16-30-29(35-4)31-17-21)23(14-18)28(34)33-13-5-6-20(3)25(33)10-12-27-32-24-15-19(2)8-11-26(24)36-27/h7-9,11,14-17,20,25H,5-6,10,12-13H2,1-4H3/t20-,25-/m1/s1. The molecule has 4 aromatic rings. The van der Waals surface area contributed by atoms with Crippen LogP contribution in [0.5, 0.6) is 6.01 Å². The third-order valence-corrected chi connectivity index (χ3v) is 7.15. The minimum atomic E-state index is 0.0502. The smallest absolute Gasteiger partial charge is 0.316 e. The van der Waals surface area contributed by atoms with E-state index in [1.165, 1.54) is 7.11 Å². The van der Waals surface area contributed by atoms with Crippen LogP contribution in [0.15, 0.2) is 53.2 Å². The number of ether oxygens (including phenoxy) is 1. The second-order valence-corrected chi connectivity index (χ2v) is 9.81. The Morgan fingerprint density at radius 1 is 1.11 bits per heavy atom. The van der Waals surface area contributed by atoms with Crippen molar-refractivity contribution in [2.45, 2.75) is 52.5 Å². The Bertz CT molecular complexity index is 1380. The molecule has 36 heavy (non-hydrogen) atoms. The summed E-state index contributed by atoms with van der Waals surface area (Å²) in [4.78, 5) is 29.3. The number of piperidine rings is 1. The van der Waals surface area contributed by atoms with Crippen molar-refractivity contribution in [3.63, 3.8) is 0 Å².